The second kappa shape index (κ2) is 4.63. The van der Waals surface area contributed by atoms with Crippen molar-refractivity contribution in [3.8, 4) is 0 Å². The van der Waals surface area contributed by atoms with E-state index in [4.69, 9.17) is 5.73 Å². The largest absolute Gasteiger partial charge is 0.329 e. The monoisotopic (exact) mass is 246 g/mol. The summed E-state index contributed by atoms with van der Waals surface area (Å²) in [6.45, 7) is 3.14. The smallest absolute Gasteiger partial charge is 0.214 e. The van der Waals surface area contributed by atoms with Gasteiger partial charge in [-0.15, -0.1) is 0 Å². The fourth-order valence-corrected chi connectivity index (χ4v) is 5.33. The second-order valence-electron chi connectivity index (χ2n) is 5.30. The molecule has 2 rings (SSSR count). The topological polar surface area (TPSA) is 63.4 Å². The Hall–Kier alpha value is -0.130. The Morgan fingerprint density at radius 1 is 1.38 bits per heavy atom. The van der Waals surface area contributed by atoms with Gasteiger partial charge in [-0.3, -0.25) is 0 Å². The molecule has 1 saturated heterocycles. The summed E-state index contributed by atoms with van der Waals surface area (Å²) in [6, 6.07) is 0.0532. The van der Waals surface area contributed by atoms with Gasteiger partial charge in [0.2, 0.25) is 10.0 Å². The Kier molecular flexibility index (Phi) is 3.56. The Morgan fingerprint density at radius 3 is 2.44 bits per heavy atom. The molecule has 0 amide bonds. The fraction of sp³-hybridized carbons (Fsp3) is 1.00. The zero-order chi connectivity index (χ0) is 11.8. The molecular weight excluding hydrogens is 224 g/mol. The van der Waals surface area contributed by atoms with Gasteiger partial charge in [-0.1, -0.05) is 19.8 Å². The molecule has 16 heavy (non-hydrogen) atoms. The molecule has 2 N–H and O–H groups in total. The molecule has 2 atom stereocenters. The predicted molar refractivity (Wildman–Crippen MR) is 64.5 cm³/mol. The van der Waals surface area contributed by atoms with Crippen molar-refractivity contribution in [3.05, 3.63) is 0 Å². The Labute approximate surface area is 98.2 Å². The lowest BCUT2D eigenvalue weighted by Crippen LogP contribution is -2.45. The summed E-state index contributed by atoms with van der Waals surface area (Å²) in [7, 11) is -3.03. The average Bonchev–Trinajstić information content (AvgIpc) is 2.77. The van der Waals surface area contributed by atoms with E-state index >= 15 is 0 Å². The second-order valence-corrected chi connectivity index (χ2v) is 7.27. The zero-order valence-corrected chi connectivity index (χ0v) is 10.7. The Bertz CT molecular complexity index is 336. The highest BCUT2D eigenvalue weighted by Gasteiger charge is 2.41. The number of rotatable bonds is 3. The van der Waals surface area contributed by atoms with Crippen LogP contribution in [0, 0.1) is 11.8 Å². The third-order valence-electron chi connectivity index (χ3n) is 3.90. The van der Waals surface area contributed by atoms with Crippen molar-refractivity contribution in [2.24, 2.45) is 17.6 Å². The van der Waals surface area contributed by atoms with Gasteiger partial charge in [0, 0.05) is 19.1 Å². The van der Waals surface area contributed by atoms with Crippen molar-refractivity contribution in [3.63, 3.8) is 0 Å². The molecule has 2 fully saturated rings. The van der Waals surface area contributed by atoms with Crippen LogP contribution < -0.4 is 5.73 Å². The summed E-state index contributed by atoms with van der Waals surface area (Å²) < 4.78 is 25.7. The first-order chi connectivity index (χ1) is 7.54. The predicted octanol–water partition coefficient (Wildman–Crippen LogP) is 0.785. The molecule has 5 heteroatoms. The van der Waals surface area contributed by atoms with Crippen LogP contribution in [-0.4, -0.2) is 37.6 Å². The van der Waals surface area contributed by atoms with Crippen LogP contribution >= 0.6 is 0 Å². The van der Waals surface area contributed by atoms with E-state index in [-0.39, 0.29) is 12.0 Å². The summed E-state index contributed by atoms with van der Waals surface area (Å²) in [5.41, 5.74) is 5.79. The van der Waals surface area contributed by atoms with E-state index in [0.717, 1.165) is 12.8 Å². The molecule has 2 aliphatic rings. The van der Waals surface area contributed by atoms with Crippen molar-refractivity contribution in [1.82, 2.24) is 4.31 Å². The van der Waals surface area contributed by atoms with Gasteiger partial charge in [-0.2, -0.15) is 4.31 Å². The highest BCUT2D eigenvalue weighted by Crippen LogP contribution is 2.33. The summed E-state index contributed by atoms with van der Waals surface area (Å²) in [5.74, 6) is 1.04. The van der Waals surface area contributed by atoms with Crippen LogP contribution in [0.3, 0.4) is 0 Å². The molecule has 1 aliphatic carbocycles. The van der Waals surface area contributed by atoms with Gasteiger partial charge in [0.1, 0.15) is 0 Å². The summed E-state index contributed by atoms with van der Waals surface area (Å²) in [6.07, 6.45) is 4.74. The van der Waals surface area contributed by atoms with Gasteiger partial charge in [0.15, 0.2) is 0 Å². The van der Waals surface area contributed by atoms with E-state index in [1.165, 1.54) is 12.8 Å². The quantitative estimate of drug-likeness (QED) is 0.800. The molecule has 4 nitrogen and oxygen atoms in total. The standard InChI is InChI=1S/C11H22N2O2S/c1-9-7-13(16(14,15)8-9)11(6-12)10-4-2-3-5-10/h9-11H,2-8,12H2,1H3. The molecule has 1 heterocycles. The van der Waals surface area contributed by atoms with Crippen LogP contribution in [0.5, 0.6) is 0 Å². The zero-order valence-electron chi connectivity index (χ0n) is 9.93. The average molecular weight is 246 g/mol. The minimum Gasteiger partial charge on any atom is -0.329 e. The number of hydrogen-bond acceptors (Lipinski definition) is 3. The summed E-state index contributed by atoms with van der Waals surface area (Å²) in [5, 5.41) is 0. The van der Waals surface area contributed by atoms with Crippen LogP contribution in [0.1, 0.15) is 32.6 Å². The first kappa shape index (κ1) is 12.3. The molecule has 0 aromatic carbocycles. The van der Waals surface area contributed by atoms with E-state index in [1.54, 1.807) is 4.31 Å². The van der Waals surface area contributed by atoms with Crippen LogP contribution in [-0.2, 0) is 10.0 Å². The highest BCUT2D eigenvalue weighted by molar-refractivity contribution is 7.89. The third kappa shape index (κ3) is 2.26. The summed E-state index contributed by atoms with van der Waals surface area (Å²) in [4.78, 5) is 0. The minimum atomic E-state index is -3.03. The molecule has 0 spiro atoms. The number of sulfonamides is 1. The summed E-state index contributed by atoms with van der Waals surface area (Å²) >= 11 is 0. The van der Waals surface area contributed by atoms with Crippen LogP contribution in [0.2, 0.25) is 0 Å². The Balaban J connectivity index is 2.14. The van der Waals surface area contributed by atoms with Gasteiger partial charge >= 0.3 is 0 Å². The maximum Gasteiger partial charge on any atom is 0.214 e. The van der Waals surface area contributed by atoms with E-state index in [1.807, 2.05) is 6.92 Å². The van der Waals surface area contributed by atoms with E-state index < -0.39 is 10.0 Å². The van der Waals surface area contributed by atoms with Crippen LogP contribution in [0.4, 0.5) is 0 Å². The number of hydrogen-bond donors (Lipinski definition) is 1. The van der Waals surface area contributed by atoms with E-state index in [9.17, 15) is 8.42 Å². The van der Waals surface area contributed by atoms with E-state index in [0.29, 0.717) is 24.8 Å². The maximum atomic E-state index is 12.0. The highest BCUT2D eigenvalue weighted by atomic mass is 32.2. The lowest BCUT2D eigenvalue weighted by atomic mass is 9.98. The first-order valence-electron chi connectivity index (χ1n) is 6.24. The van der Waals surface area contributed by atoms with Crippen molar-refractivity contribution < 1.29 is 8.42 Å². The molecule has 1 saturated carbocycles. The number of nitrogens with zero attached hydrogens (tertiary/aromatic N) is 1. The number of nitrogens with two attached hydrogens (primary N) is 1. The van der Waals surface area contributed by atoms with Gasteiger partial charge in [0.05, 0.1) is 5.75 Å². The van der Waals surface area contributed by atoms with Gasteiger partial charge in [-0.05, 0) is 24.7 Å². The minimum absolute atomic E-state index is 0.0532. The molecule has 0 aromatic rings. The molecule has 94 valence electrons. The van der Waals surface area contributed by atoms with E-state index in [2.05, 4.69) is 0 Å². The molecule has 1 aliphatic heterocycles. The SMILES string of the molecule is CC1CN(C(CN)C2CCCC2)S(=O)(=O)C1. The maximum absolute atomic E-state index is 12.0. The Morgan fingerprint density at radius 2 is 2.00 bits per heavy atom. The van der Waals surface area contributed by atoms with Crippen molar-refractivity contribution in [2.45, 2.75) is 38.6 Å². The van der Waals surface area contributed by atoms with Crippen molar-refractivity contribution in [1.29, 1.82) is 0 Å². The molecule has 0 radical (unpaired) electrons. The first-order valence-corrected chi connectivity index (χ1v) is 7.85. The van der Waals surface area contributed by atoms with Crippen LogP contribution in [0.25, 0.3) is 0 Å². The van der Waals surface area contributed by atoms with Gasteiger partial charge < -0.3 is 5.73 Å². The molecule has 0 aromatic heterocycles. The fourth-order valence-electron chi connectivity index (χ4n) is 3.16. The lowest BCUT2D eigenvalue weighted by molar-refractivity contribution is 0.244. The molecular formula is C11H22N2O2S. The van der Waals surface area contributed by atoms with Crippen LogP contribution in [0.15, 0.2) is 0 Å². The molecule has 0 bridgehead atoms. The normalized spacial score (nSPS) is 33.2. The van der Waals surface area contributed by atoms with Gasteiger partial charge in [-0.25, -0.2) is 8.42 Å². The van der Waals surface area contributed by atoms with Gasteiger partial charge in [0.25, 0.3) is 0 Å². The third-order valence-corrected chi connectivity index (χ3v) is 6.02. The van der Waals surface area contributed by atoms with Crippen molar-refractivity contribution in [2.75, 3.05) is 18.8 Å². The lowest BCUT2D eigenvalue weighted by Gasteiger charge is -2.30. The molecule has 2 unspecified atom stereocenters. The van der Waals surface area contributed by atoms with Crippen molar-refractivity contribution >= 4 is 10.0 Å².